The molecule has 1 N–H and O–H groups in total. The van der Waals surface area contributed by atoms with Crippen LogP contribution < -0.4 is 19.7 Å². The molecule has 0 aliphatic carbocycles. The van der Waals surface area contributed by atoms with E-state index in [9.17, 15) is 4.79 Å². The fraction of sp³-hybridized carbons (Fsp3) is 0.182. The normalized spacial score (nSPS) is 15.6. The number of methoxy groups -OCH3 is 1. The summed E-state index contributed by atoms with van der Waals surface area (Å²) in [7, 11) is 1.61. The lowest BCUT2D eigenvalue weighted by Gasteiger charge is -2.38. The number of carbonyl (C=O) groups excluding carboxylic acids is 1. The van der Waals surface area contributed by atoms with Gasteiger partial charge in [-0.1, -0.05) is 24.3 Å². The second kappa shape index (κ2) is 7.60. The smallest absolute Gasteiger partial charge is 0.262 e. The van der Waals surface area contributed by atoms with Crippen LogP contribution in [-0.2, 0) is 0 Å². The van der Waals surface area contributed by atoms with Crippen LogP contribution in [0.2, 0.25) is 0 Å². The zero-order valence-electron chi connectivity index (χ0n) is 15.8. The van der Waals surface area contributed by atoms with E-state index in [4.69, 9.17) is 9.47 Å². The first kappa shape index (κ1) is 17.9. The third kappa shape index (κ3) is 3.03. The molecule has 28 heavy (non-hydrogen) atoms. The average Bonchev–Trinajstić information content (AvgIpc) is 2.74. The Balaban J connectivity index is 1.89. The molecule has 1 aliphatic heterocycles. The van der Waals surface area contributed by atoms with Crippen molar-refractivity contribution in [3.8, 4) is 11.5 Å². The van der Waals surface area contributed by atoms with Crippen LogP contribution in [0.4, 0.5) is 11.4 Å². The number of nitrogens with zero attached hydrogens (tertiary/aromatic N) is 2. The number of ether oxygens (including phenoxy) is 2. The van der Waals surface area contributed by atoms with Gasteiger partial charge in [-0.05, 0) is 37.3 Å². The molecule has 0 spiro atoms. The highest BCUT2D eigenvalue weighted by molar-refractivity contribution is 6.12. The first-order valence-electron chi connectivity index (χ1n) is 9.13. The summed E-state index contributed by atoms with van der Waals surface area (Å²) in [5.74, 6) is 1.16. The van der Waals surface area contributed by atoms with Crippen molar-refractivity contribution in [3.63, 3.8) is 0 Å². The zero-order valence-corrected chi connectivity index (χ0v) is 15.8. The summed E-state index contributed by atoms with van der Waals surface area (Å²) >= 11 is 0. The van der Waals surface area contributed by atoms with E-state index in [0.29, 0.717) is 23.7 Å². The second-order valence-corrected chi connectivity index (χ2v) is 6.28. The SMILES string of the molecule is CCOc1cccc([C@@H]2Nc3ccccc3C(=O)N2c2ccncc2)c1OC. The largest absolute Gasteiger partial charge is 0.492 e. The summed E-state index contributed by atoms with van der Waals surface area (Å²) in [4.78, 5) is 19.2. The number of nitrogens with one attached hydrogen (secondary N) is 1. The van der Waals surface area contributed by atoms with Crippen molar-refractivity contribution in [1.82, 2.24) is 4.98 Å². The maximum Gasteiger partial charge on any atom is 0.262 e. The Labute approximate surface area is 163 Å². The standard InChI is InChI=1S/C22H21N3O3/c1-3-28-19-10-6-8-17(20(19)27-2)21-24-18-9-5-4-7-16(18)22(26)25(21)15-11-13-23-14-12-15/h4-14,21,24H,3H2,1-2H3/t21-/m1/s1. The van der Waals surface area contributed by atoms with Crippen LogP contribution in [0.5, 0.6) is 11.5 Å². The summed E-state index contributed by atoms with van der Waals surface area (Å²) in [6.07, 6.45) is 2.89. The maximum absolute atomic E-state index is 13.4. The molecule has 0 radical (unpaired) electrons. The molecule has 2 heterocycles. The van der Waals surface area contributed by atoms with Crippen molar-refractivity contribution in [1.29, 1.82) is 0 Å². The van der Waals surface area contributed by atoms with Gasteiger partial charge in [0, 0.05) is 29.3 Å². The molecule has 1 amide bonds. The molecule has 1 aliphatic rings. The van der Waals surface area contributed by atoms with Gasteiger partial charge in [0.1, 0.15) is 6.17 Å². The summed E-state index contributed by atoms with van der Waals surface area (Å²) < 4.78 is 11.4. The van der Waals surface area contributed by atoms with E-state index in [2.05, 4.69) is 10.3 Å². The van der Waals surface area contributed by atoms with Crippen molar-refractivity contribution < 1.29 is 14.3 Å². The predicted molar refractivity (Wildman–Crippen MR) is 108 cm³/mol. The monoisotopic (exact) mass is 375 g/mol. The lowest BCUT2D eigenvalue weighted by Crippen LogP contribution is -2.43. The van der Waals surface area contributed by atoms with E-state index in [1.807, 2.05) is 61.5 Å². The third-order valence-corrected chi connectivity index (χ3v) is 4.68. The molecule has 6 nitrogen and oxygen atoms in total. The molecule has 1 atom stereocenters. The van der Waals surface area contributed by atoms with Crippen LogP contribution in [0.25, 0.3) is 0 Å². The minimum atomic E-state index is -0.458. The van der Waals surface area contributed by atoms with Crippen LogP contribution >= 0.6 is 0 Å². The van der Waals surface area contributed by atoms with Gasteiger partial charge in [-0.15, -0.1) is 0 Å². The van der Waals surface area contributed by atoms with Crippen LogP contribution in [0.15, 0.2) is 67.0 Å². The van der Waals surface area contributed by atoms with Crippen LogP contribution in [-0.4, -0.2) is 24.6 Å². The molecule has 3 aromatic rings. The van der Waals surface area contributed by atoms with E-state index in [0.717, 1.165) is 16.9 Å². The Morgan fingerprint density at radius 2 is 1.86 bits per heavy atom. The molecule has 1 aromatic heterocycles. The zero-order chi connectivity index (χ0) is 19.5. The first-order valence-corrected chi connectivity index (χ1v) is 9.13. The van der Waals surface area contributed by atoms with Gasteiger partial charge in [0.25, 0.3) is 5.91 Å². The van der Waals surface area contributed by atoms with Crippen molar-refractivity contribution in [3.05, 3.63) is 78.1 Å². The molecule has 0 unspecified atom stereocenters. The van der Waals surface area contributed by atoms with E-state index in [1.165, 1.54) is 0 Å². The highest BCUT2D eigenvalue weighted by Crippen LogP contribution is 2.42. The fourth-order valence-electron chi connectivity index (χ4n) is 3.48. The van der Waals surface area contributed by atoms with Crippen molar-refractivity contribution in [2.24, 2.45) is 0 Å². The van der Waals surface area contributed by atoms with Gasteiger partial charge in [0.05, 0.1) is 19.3 Å². The Morgan fingerprint density at radius 3 is 2.61 bits per heavy atom. The molecule has 142 valence electrons. The summed E-state index contributed by atoms with van der Waals surface area (Å²) in [6.45, 7) is 2.45. The fourth-order valence-corrected chi connectivity index (χ4v) is 3.48. The highest BCUT2D eigenvalue weighted by atomic mass is 16.5. The Morgan fingerprint density at radius 1 is 1.07 bits per heavy atom. The van der Waals surface area contributed by atoms with Gasteiger partial charge >= 0.3 is 0 Å². The minimum absolute atomic E-state index is 0.0885. The number of amides is 1. The van der Waals surface area contributed by atoms with Gasteiger partial charge in [-0.3, -0.25) is 14.7 Å². The van der Waals surface area contributed by atoms with Gasteiger partial charge in [0.2, 0.25) is 0 Å². The number of hydrogen-bond donors (Lipinski definition) is 1. The third-order valence-electron chi connectivity index (χ3n) is 4.68. The number of aromatic nitrogens is 1. The average molecular weight is 375 g/mol. The number of fused-ring (bicyclic) bond motifs is 1. The van der Waals surface area contributed by atoms with Crippen molar-refractivity contribution >= 4 is 17.3 Å². The lowest BCUT2D eigenvalue weighted by molar-refractivity contribution is 0.0974. The van der Waals surface area contributed by atoms with E-state index in [-0.39, 0.29) is 5.91 Å². The van der Waals surface area contributed by atoms with Crippen molar-refractivity contribution in [2.45, 2.75) is 13.1 Å². The highest BCUT2D eigenvalue weighted by Gasteiger charge is 2.36. The molecule has 2 aromatic carbocycles. The molecule has 4 rings (SSSR count). The number of benzene rings is 2. The number of hydrogen-bond acceptors (Lipinski definition) is 5. The van der Waals surface area contributed by atoms with Crippen LogP contribution in [0, 0.1) is 0 Å². The molecule has 0 saturated carbocycles. The van der Waals surface area contributed by atoms with Crippen LogP contribution in [0.3, 0.4) is 0 Å². The Hall–Kier alpha value is -3.54. The second-order valence-electron chi connectivity index (χ2n) is 6.28. The van der Waals surface area contributed by atoms with Crippen molar-refractivity contribution in [2.75, 3.05) is 23.9 Å². The summed E-state index contributed by atoms with van der Waals surface area (Å²) in [5, 5.41) is 3.49. The maximum atomic E-state index is 13.4. The topological polar surface area (TPSA) is 63.7 Å². The van der Waals surface area contributed by atoms with E-state index >= 15 is 0 Å². The molecular weight excluding hydrogens is 354 g/mol. The molecule has 0 saturated heterocycles. The number of pyridine rings is 1. The molecule has 0 bridgehead atoms. The van der Waals surface area contributed by atoms with Gasteiger partial charge in [0.15, 0.2) is 11.5 Å². The quantitative estimate of drug-likeness (QED) is 0.722. The molecule has 6 heteroatoms. The minimum Gasteiger partial charge on any atom is -0.492 e. The Kier molecular flexibility index (Phi) is 4.85. The first-order chi connectivity index (χ1) is 13.7. The number of rotatable bonds is 5. The predicted octanol–water partition coefficient (Wildman–Crippen LogP) is 4.26. The van der Waals surface area contributed by atoms with Gasteiger partial charge in [-0.2, -0.15) is 0 Å². The number of para-hydroxylation sites is 2. The van der Waals surface area contributed by atoms with E-state index in [1.54, 1.807) is 24.4 Å². The number of anilines is 2. The van der Waals surface area contributed by atoms with Gasteiger partial charge < -0.3 is 14.8 Å². The molecular formula is C22H21N3O3. The van der Waals surface area contributed by atoms with Crippen LogP contribution in [0.1, 0.15) is 29.0 Å². The summed E-state index contributed by atoms with van der Waals surface area (Å²) in [6, 6.07) is 16.8. The Bertz CT molecular complexity index is 991. The van der Waals surface area contributed by atoms with E-state index < -0.39 is 6.17 Å². The summed E-state index contributed by atoms with van der Waals surface area (Å²) in [5.41, 5.74) is 2.96. The van der Waals surface area contributed by atoms with Gasteiger partial charge in [-0.25, -0.2) is 0 Å². The number of carbonyl (C=O) groups is 1. The lowest BCUT2D eigenvalue weighted by atomic mass is 10.0. The molecule has 0 fully saturated rings.